The zero-order valence-electron chi connectivity index (χ0n) is 12.2. The fourth-order valence-electron chi connectivity index (χ4n) is 2.03. The molecule has 0 spiro atoms. The van der Waals surface area contributed by atoms with E-state index in [0.29, 0.717) is 11.4 Å². The van der Waals surface area contributed by atoms with Gasteiger partial charge in [0.05, 0.1) is 5.69 Å². The lowest BCUT2D eigenvalue weighted by Gasteiger charge is -2.10. The van der Waals surface area contributed by atoms with Gasteiger partial charge in [0.2, 0.25) is 0 Å². The second-order valence-electron chi connectivity index (χ2n) is 4.84. The first kappa shape index (κ1) is 16.0. The lowest BCUT2D eigenvalue weighted by Crippen LogP contribution is -2.40. The highest BCUT2D eigenvalue weighted by Gasteiger charge is 2.21. The van der Waals surface area contributed by atoms with Crippen molar-refractivity contribution in [3.05, 3.63) is 46.7 Å². The number of halogens is 1. The maximum absolute atomic E-state index is 12.1. The minimum absolute atomic E-state index is 0.164. The molecule has 1 amide bonds. The van der Waals surface area contributed by atoms with Gasteiger partial charge in [0.25, 0.3) is 5.91 Å². The number of nitrogens with zero attached hydrogens (tertiary/aromatic N) is 2. The van der Waals surface area contributed by atoms with Gasteiger partial charge in [-0.05, 0) is 37.6 Å². The number of hydrogen-bond donors (Lipinski definition) is 2. The highest BCUT2D eigenvalue weighted by atomic mass is 35.5. The fraction of sp³-hybridized carbons (Fsp3) is 0.267. The molecule has 1 unspecified atom stereocenters. The average Bonchev–Trinajstić information content (AvgIpc) is 2.86. The Morgan fingerprint density at radius 2 is 2.14 bits per heavy atom. The van der Waals surface area contributed by atoms with Crippen LogP contribution in [0.25, 0.3) is 5.69 Å². The number of carboxylic acid groups (broad SMARTS) is 1. The van der Waals surface area contributed by atoms with E-state index >= 15 is 0 Å². The van der Waals surface area contributed by atoms with Crippen molar-refractivity contribution >= 4 is 23.5 Å². The van der Waals surface area contributed by atoms with E-state index in [9.17, 15) is 9.59 Å². The number of amides is 1. The van der Waals surface area contributed by atoms with Gasteiger partial charge in [-0.25, -0.2) is 9.48 Å². The largest absolute Gasteiger partial charge is 0.480 e. The number of benzene rings is 1. The Morgan fingerprint density at radius 3 is 2.73 bits per heavy atom. The van der Waals surface area contributed by atoms with Crippen molar-refractivity contribution in [1.29, 1.82) is 0 Å². The standard InChI is InChI=1S/C15H16ClN3O3/c1-3-12(15(21)22)17-14(20)13-7-9(2)19(18-13)11-6-4-5-10(16)8-11/h4-8,12H,3H2,1-2H3,(H,17,20)(H,21,22). The van der Waals surface area contributed by atoms with Gasteiger partial charge in [-0.2, -0.15) is 5.10 Å². The van der Waals surface area contributed by atoms with Crippen LogP contribution < -0.4 is 5.32 Å². The van der Waals surface area contributed by atoms with Gasteiger partial charge in [-0.1, -0.05) is 24.6 Å². The molecule has 0 fully saturated rings. The molecule has 1 aromatic heterocycles. The van der Waals surface area contributed by atoms with E-state index in [0.717, 1.165) is 11.4 Å². The van der Waals surface area contributed by atoms with E-state index in [1.165, 1.54) is 0 Å². The molecule has 2 N–H and O–H groups in total. The van der Waals surface area contributed by atoms with Crippen LogP contribution in [0.15, 0.2) is 30.3 Å². The molecule has 22 heavy (non-hydrogen) atoms. The molecular formula is C15H16ClN3O3. The van der Waals surface area contributed by atoms with E-state index in [1.807, 2.05) is 6.07 Å². The Morgan fingerprint density at radius 1 is 1.41 bits per heavy atom. The van der Waals surface area contributed by atoms with Crippen LogP contribution in [0.1, 0.15) is 29.5 Å². The van der Waals surface area contributed by atoms with E-state index in [4.69, 9.17) is 16.7 Å². The number of carbonyl (C=O) groups excluding carboxylic acids is 1. The van der Waals surface area contributed by atoms with Crippen molar-refractivity contribution < 1.29 is 14.7 Å². The van der Waals surface area contributed by atoms with Crippen molar-refractivity contribution in [2.75, 3.05) is 0 Å². The summed E-state index contributed by atoms with van der Waals surface area (Å²) in [6, 6.07) is 7.76. The van der Waals surface area contributed by atoms with Gasteiger partial charge >= 0.3 is 5.97 Å². The van der Waals surface area contributed by atoms with Gasteiger partial charge in [0.15, 0.2) is 5.69 Å². The summed E-state index contributed by atoms with van der Waals surface area (Å²) in [7, 11) is 0. The van der Waals surface area contributed by atoms with Gasteiger partial charge in [-0.15, -0.1) is 0 Å². The van der Waals surface area contributed by atoms with Crippen molar-refractivity contribution in [2.45, 2.75) is 26.3 Å². The van der Waals surface area contributed by atoms with E-state index in [2.05, 4.69) is 10.4 Å². The molecule has 2 rings (SSSR count). The number of carbonyl (C=O) groups is 2. The number of rotatable bonds is 5. The number of hydrogen-bond acceptors (Lipinski definition) is 3. The normalized spacial score (nSPS) is 12.0. The predicted molar refractivity (Wildman–Crippen MR) is 82.5 cm³/mol. The van der Waals surface area contributed by atoms with E-state index < -0.39 is 17.9 Å². The molecular weight excluding hydrogens is 306 g/mol. The molecule has 1 heterocycles. The van der Waals surface area contributed by atoms with Crippen molar-refractivity contribution in [3.8, 4) is 5.69 Å². The number of aromatic nitrogens is 2. The fourth-order valence-corrected chi connectivity index (χ4v) is 2.21. The monoisotopic (exact) mass is 321 g/mol. The first-order valence-corrected chi connectivity index (χ1v) is 7.16. The van der Waals surface area contributed by atoms with E-state index in [1.54, 1.807) is 42.8 Å². The number of aryl methyl sites for hydroxylation is 1. The van der Waals surface area contributed by atoms with Crippen LogP contribution >= 0.6 is 11.6 Å². The molecule has 0 aliphatic heterocycles. The summed E-state index contributed by atoms with van der Waals surface area (Å²) in [6.07, 6.45) is 0.301. The van der Waals surface area contributed by atoms with Crippen LogP contribution in [0.4, 0.5) is 0 Å². The summed E-state index contributed by atoms with van der Waals surface area (Å²) < 4.78 is 1.59. The van der Waals surface area contributed by atoms with E-state index in [-0.39, 0.29) is 5.69 Å². The van der Waals surface area contributed by atoms with Crippen LogP contribution in [0.5, 0.6) is 0 Å². The lowest BCUT2D eigenvalue weighted by molar-refractivity contribution is -0.139. The molecule has 6 nitrogen and oxygen atoms in total. The predicted octanol–water partition coefficient (Wildman–Crippen LogP) is 2.43. The number of nitrogens with one attached hydrogen (secondary N) is 1. The Balaban J connectivity index is 2.26. The minimum atomic E-state index is -1.07. The molecule has 1 atom stereocenters. The molecule has 0 bridgehead atoms. The van der Waals surface area contributed by atoms with Crippen molar-refractivity contribution in [2.24, 2.45) is 0 Å². The van der Waals surface area contributed by atoms with Crippen LogP contribution in [0, 0.1) is 6.92 Å². The van der Waals surface area contributed by atoms with Crippen LogP contribution in [0.3, 0.4) is 0 Å². The Labute approximate surface area is 132 Å². The third-order valence-electron chi connectivity index (χ3n) is 3.18. The molecule has 1 aromatic carbocycles. The zero-order chi connectivity index (χ0) is 16.3. The highest BCUT2D eigenvalue weighted by molar-refractivity contribution is 6.30. The third kappa shape index (κ3) is 3.46. The van der Waals surface area contributed by atoms with Gasteiger partial charge in [0.1, 0.15) is 6.04 Å². The third-order valence-corrected chi connectivity index (χ3v) is 3.42. The summed E-state index contributed by atoms with van der Waals surface area (Å²) in [6.45, 7) is 3.49. The second kappa shape index (κ2) is 6.62. The number of aliphatic carboxylic acids is 1. The summed E-state index contributed by atoms with van der Waals surface area (Å²) >= 11 is 5.95. The minimum Gasteiger partial charge on any atom is -0.480 e. The summed E-state index contributed by atoms with van der Waals surface area (Å²) in [5.41, 5.74) is 1.64. The molecule has 0 saturated carbocycles. The van der Waals surface area contributed by atoms with Crippen LogP contribution in [-0.4, -0.2) is 32.8 Å². The summed E-state index contributed by atoms with van der Waals surface area (Å²) in [4.78, 5) is 23.1. The first-order chi connectivity index (χ1) is 10.4. The lowest BCUT2D eigenvalue weighted by atomic mass is 10.2. The molecule has 2 aromatic rings. The molecule has 0 aliphatic carbocycles. The highest BCUT2D eigenvalue weighted by Crippen LogP contribution is 2.17. The molecule has 0 saturated heterocycles. The van der Waals surface area contributed by atoms with Crippen molar-refractivity contribution in [1.82, 2.24) is 15.1 Å². The Bertz CT molecular complexity index is 712. The van der Waals surface area contributed by atoms with Crippen molar-refractivity contribution in [3.63, 3.8) is 0 Å². The van der Waals surface area contributed by atoms with Gasteiger partial charge in [0, 0.05) is 10.7 Å². The maximum atomic E-state index is 12.1. The maximum Gasteiger partial charge on any atom is 0.326 e. The van der Waals surface area contributed by atoms with Crippen LogP contribution in [0.2, 0.25) is 5.02 Å². The Hall–Kier alpha value is -2.34. The first-order valence-electron chi connectivity index (χ1n) is 6.78. The smallest absolute Gasteiger partial charge is 0.326 e. The summed E-state index contributed by atoms with van der Waals surface area (Å²) in [5, 5.41) is 16.2. The molecule has 0 radical (unpaired) electrons. The quantitative estimate of drug-likeness (QED) is 0.885. The SMILES string of the molecule is CCC(NC(=O)c1cc(C)n(-c2cccc(Cl)c2)n1)C(=O)O. The topological polar surface area (TPSA) is 84.2 Å². The molecule has 0 aliphatic rings. The van der Waals surface area contributed by atoms with Gasteiger partial charge in [-0.3, -0.25) is 4.79 Å². The second-order valence-corrected chi connectivity index (χ2v) is 5.27. The average molecular weight is 322 g/mol. The Kier molecular flexibility index (Phi) is 4.82. The van der Waals surface area contributed by atoms with Gasteiger partial charge < -0.3 is 10.4 Å². The molecule has 7 heteroatoms. The zero-order valence-corrected chi connectivity index (χ0v) is 13.0. The summed E-state index contributed by atoms with van der Waals surface area (Å²) in [5.74, 6) is -1.58. The molecule has 116 valence electrons. The number of carboxylic acids is 1. The van der Waals surface area contributed by atoms with Crippen LogP contribution in [-0.2, 0) is 4.79 Å².